The molecule has 0 bridgehead atoms. The third-order valence-electron chi connectivity index (χ3n) is 3.70. The second-order valence-corrected chi connectivity index (χ2v) is 5.15. The van der Waals surface area contributed by atoms with E-state index in [4.69, 9.17) is 0 Å². The Balaban J connectivity index is 1.62. The van der Waals surface area contributed by atoms with Crippen molar-refractivity contribution in [3.63, 3.8) is 0 Å². The molecule has 2 aromatic rings. The molecular weight excluding hydrogens is 268 g/mol. The normalized spacial score (nSPS) is 19.8. The highest BCUT2D eigenvalue weighted by atomic mass is 16.6. The van der Waals surface area contributed by atoms with Crippen molar-refractivity contribution in [1.29, 1.82) is 0 Å². The number of carbonyl (C=O) groups excluding carboxylic acids is 1. The van der Waals surface area contributed by atoms with Gasteiger partial charge in [0.2, 0.25) is 5.91 Å². The molecule has 0 unspecified atom stereocenters. The molecule has 2 atom stereocenters. The zero-order chi connectivity index (χ0) is 14.8. The van der Waals surface area contributed by atoms with E-state index < -0.39 is 4.92 Å². The minimum absolute atomic E-state index is 0.0115. The Kier molecular flexibility index (Phi) is 3.39. The van der Waals surface area contributed by atoms with E-state index in [2.05, 4.69) is 5.32 Å². The maximum atomic E-state index is 12.1. The third-order valence-corrected chi connectivity index (χ3v) is 3.70. The zero-order valence-corrected chi connectivity index (χ0v) is 11.2. The molecule has 1 N–H and O–H groups in total. The summed E-state index contributed by atoms with van der Waals surface area (Å²) in [6, 6.07) is 15.8. The Hall–Kier alpha value is -2.69. The SMILES string of the molecule is O=C(Nc1ccc([N+](=O)[O-])cc1)[C@H]1C[C@H]1c1ccccc1. The van der Waals surface area contributed by atoms with Gasteiger partial charge in [0.15, 0.2) is 0 Å². The molecule has 1 aliphatic carbocycles. The number of hydrogen-bond acceptors (Lipinski definition) is 3. The molecule has 0 spiro atoms. The third kappa shape index (κ3) is 2.91. The van der Waals surface area contributed by atoms with E-state index in [1.54, 1.807) is 12.1 Å². The minimum atomic E-state index is -0.460. The number of amides is 1. The van der Waals surface area contributed by atoms with Gasteiger partial charge in [0.25, 0.3) is 5.69 Å². The predicted octanol–water partition coefficient (Wildman–Crippen LogP) is 3.34. The smallest absolute Gasteiger partial charge is 0.269 e. The molecule has 0 aliphatic heterocycles. The van der Waals surface area contributed by atoms with Crippen molar-refractivity contribution in [3.8, 4) is 0 Å². The first-order chi connectivity index (χ1) is 10.1. The molecule has 5 nitrogen and oxygen atoms in total. The lowest BCUT2D eigenvalue weighted by Crippen LogP contribution is -2.14. The molecule has 2 aromatic carbocycles. The highest BCUT2D eigenvalue weighted by Gasteiger charge is 2.43. The second kappa shape index (κ2) is 5.36. The van der Waals surface area contributed by atoms with Crippen LogP contribution in [-0.4, -0.2) is 10.8 Å². The van der Waals surface area contributed by atoms with Crippen LogP contribution in [0.25, 0.3) is 0 Å². The van der Waals surface area contributed by atoms with Crippen LogP contribution in [0.4, 0.5) is 11.4 Å². The second-order valence-electron chi connectivity index (χ2n) is 5.15. The molecule has 106 valence electrons. The first-order valence-corrected chi connectivity index (χ1v) is 6.75. The van der Waals surface area contributed by atoms with Gasteiger partial charge in [-0.2, -0.15) is 0 Å². The van der Waals surface area contributed by atoms with Crippen LogP contribution >= 0.6 is 0 Å². The van der Waals surface area contributed by atoms with Crippen LogP contribution in [-0.2, 0) is 4.79 Å². The van der Waals surface area contributed by atoms with Gasteiger partial charge in [0, 0.05) is 23.7 Å². The van der Waals surface area contributed by atoms with Gasteiger partial charge in [-0.05, 0) is 30.0 Å². The molecular formula is C16H14N2O3. The van der Waals surface area contributed by atoms with Crippen molar-refractivity contribution in [1.82, 2.24) is 0 Å². The average molecular weight is 282 g/mol. The highest BCUT2D eigenvalue weighted by Crippen LogP contribution is 2.47. The van der Waals surface area contributed by atoms with E-state index in [9.17, 15) is 14.9 Å². The number of carbonyl (C=O) groups is 1. The van der Waals surface area contributed by atoms with Crippen LogP contribution in [0.5, 0.6) is 0 Å². The number of non-ortho nitro benzene ring substituents is 1. The van der Waals surface area contributed by atoms with E-state index in [0.29, 0.717) is 5.69 Å². The van der Waals surface area contributed by atoms with Gasteiger partial charge in [-0.3, -0.25) is 14.9 Å². The van der Waals surface area contributed by atoms with E-state index >= 15 is 0 Å². The largest absolute Gasteiger partial charge is 0.326 e. The monoisotopic (exact) mass is 282 g/mol. The molecule has 3 rings (SSSR count). The van der Waals surface area contributed by atoms with Crippen molar-refractivity contribution in [2.45, 2.75) is 12.3 Å². The topological polar surface area (TPSA) is 72.2 Å². The zero-order valence-electron chi connectivity index (χ0n) is 11.2. The lowest BCUT2D eigenvalue weighted by Gasteiger charge is -2.04. The molecule has 0 aromatic heterocycles. The van der Waals surface area contributed by atoms with Gasteiger partial charge in [0.1, 0.15) is 0 Å². The Morgan fingerprint density at radius 3 is 2.38 bits per heavy atom. The summed E-state index contributed by atoms with van der Waals surface area (Å²) in [4.78, 5) is 22.2. The van der Waals surface area contributed by atoms with E-state index in [0.717, 1.165) is 6.42 Å². The molecule has 1 saturated carbocycles. The van der Waals surface area contributed by atoms with E-state index in [1.807, 2.05) is 30.3 Å². The Morgan fingerprint density at radius 1 is 1.10 bits per heavy atom. The average Bonchev–Trinajstić information content (AvgIpc) is 3.29. The van der Waals surface area contributed by atoms with Gasteiger partial charge in [0.05, 0.1) is 4.92 Å². The molecule has 21 heavy (non-hydrogen) atoms. The number of nitro groups is 1. The Labute approximate surface area is 121 Å². The van der Waals surface area contributed by atoms with Crippen LogP contribution in [0.3, 0.4) is 0 Å². The summed E-state index contributed by atoms with van der Waals surface area (Å²) in [6.45, 7) is 0. The highest BCUT2D eigenvalue weighted by molar-refractivity contribution is 5.95. The molecule has 0 heterocycles. The Morgan fingerprint density at radius 2 is 1.76 bits per heavy atom. The first-order valence-electron chi connectivity index (χ1n) is 6.75. The summed E-state index contributed by atoms with van der Waals surface area (Å²) in [5.41, 5.74) is 1.78. The summed E-state index contributed by atoms with van der Waals surface area (Å²) >= 11 is 0. The maximum Gasteiger partial charge on any atom is 0.269 e. The van der Waals surface area contributed by atoms with Crippen molar-refractivity contribution in [2.24, 2.45) is 5.92 Å². The molecule has 0 radical (unpaired) electrons. The number of hydrogen-bond donors (Lipinski definition) is 1. The van der Waals surface area contributed by atoms with Gasteiger partial charge < -0.3 is 5.32 Å². The van der Waals surface area contributed by atoms with E-state index in [-0.39, 0.29) is 23.4 Å². The van der Waals surface area contributed by atoms with Gasteiger partial charge in [-0.15, -0.1) is 0 Å². The summed E-state index contributed by atoms with van der Waals surface area (Å²) in [5, 5.41) is 13.4. The standard InChI is InChI=1S/C16H14N2O3/c19-16(15-10-14(15)11-4-2-1-3-5-11)17-12-6-8-13(9-7-12)18(20)21/h1-9,14-15H,10H2,(H,17,19)/t14-,15-/m0/s1. The fraction of sp³-hybridized carbons (Fsp3) is 0.188. The molecule has 5 heteroatoms. The summed E-state index contributed by atoms with van der Waals surface area (Å²) in [5.74, 6) is 0.240. The van der Waals surface area contributed by atoms with Gasteiger partial charge >= 0.3 is 0 Å². The van der Waals surface area contributed by atoms with Crippen molar-refractivity contribution in [2.75, 3.05) is 5.32 Å². The minimum Gasteiger partial charge on any atom is -0.326 e. The predicted molar refractivity (Wildman–Crippen MR) is 79.0 cm³/mol. The van der Waals surface area contributed by atoms with Crippen LogP contribution < -0.4 is 5.32 Å². The van der Waals surface area contributed by atoms with Crippen LogP contribution in [0.1, 0.15) is 17.9 Å². The van der Waals surface area contributed by atoms with Gasteiger partial charge in [-0.25, -0.2) is 0 Å². The Bertz CT molecular complexity index is 668. The molecule has 0 saturated heterocycles. The fourth-order valence-electron chi connectivity index (χ4n) is 2.45. The van der Waals surface area contributed by atoms with E-state index in [1.165, 1.54) is 17.7 Å². The molecule has 1 fully saturated rings. The number of nitrogens with one attached hydrogen (secondary N) is 1. The summed E-state index contributed by atoms with van der Waals surface area (Å²) in [7, 11) is 0. The number of benzene rings is 2. The summed E-state index contributed by atoms with van der Waals surface area (Å²) < 4.78 is 0. The van der Waals surface area contributed by atoms with Crippen LogP contribution in [0.15, 0.2) is 54.6 Å². The lowest BCUT2D eigenvalue weighted by molar-refractivity contribution is -0.384. The quantitative estimate of drug-likeness (QED) is 0.690. The maximum absolute atomic E-state index is 12.1. The molecule has 1 amide bonds. The van der Waals surface area contributed by atoms with Crippen molar-refractivity contribution >= 4 is 17.3 Å². The first kappa shape index (κ1) is 13.3. The number of anilines is 1. The number of nitrogens with zero attached hydrogens (tertiary/aromatic N) is 1. The number of rotatable bonds is 4. The van der Waals surface area contributed by atoms with Gasteiger partial charge in [-0.1, -0.05) is 30.3 Å². The number of nitro benzene ring substituents is 1. The van der Waals surface area contributed by atoms with Crippen molar-refractivity contribution < 1.29 is 9.72 Å². The summed E-state index contributed by atoms with van der Waals surface area (Å²) in [6.07, 6.45) is 0.850. The van der Waals surface area contributed by atoms with Crippen molar-refractivity contribution in [3.05, 3.63) is 70.3 Å². The fourth-order valence-corrected chi connectivity index (χ4v) is 2.45. The van der Waals surface area contributed by atoms with Crippen LogP contribution in [0, 0.1) is 16.0 Å². The van der Waals surface area contributed by atoms with Crippen LogP contribution in [0.2, 0.25) is 0 Å². The lowest BCUT2D eigenvalue weighted by atomic mass is 10.1. The molecule has 1 aliphatic rings.